The summed E-state index contributed by atoms with van der Waals surface area (Å²) in [6.07, 6.45) is 3.98. The van der Waals surface area contributed by atoms with Crippen LogP contribution in [0.25, 0.3) is 0 Å². The standard InChI is InChI=1S/C11H18/c1-5-10-9(2)7-6-8-11(10,3)4/h9H,1,6-8H2,2-4H3. The second-order valence-corrected chi connectivity index (χ2v) is 4.27. The van der Waals surface area contributed by atoms with E-state index in [4.69, 9.17) is 0 Å². The molecule has 1 rings (SSSR count). The molecule has 1 atom stereocenters. The van der Waals surface area contributed by atoms with Crippen LogP contribution in [-0.2, 0) is 0 Å². The molecule has 0 N–H and O–H groups in total. The van der Waals surface area contributed by atoms with E-state index in [0.29, 0.717) is 11.3 Å². The SMILES string of the molecule is C=C=C1C(C)CCCC1(C)C. The molecule has 0 heterocycles. The molecule has 11 heavy (non-hydrogen) atoms. The third kappa shape index (κ3) is 1.57. The van der Waals surface area contributed by atoms with Gasteiger partial charge in [-0.2, -0.15) is 0 Å². The summed E-state index contributed by atoms with van der Waals surface area (Å²) in [4.78, 5) is 0. The maximum atomic E-state index is 3.77. The van der Waals surface area contributed by atoms with Crippen molar-refractivity contribution in [3.63, 3.8) is 0 Å². The quantitative estimate of drug-likeness (QED) is 0.463. The molecule has 1 fully saturated rings. The van der Waals surface area contributed by atoms with Crippen LogP contribution in [0.4, 0.5) is 0 Å². The smallest absolute Gasteiger partial charge is 0.00663 e. The van der Waals surface area contributed by atoms with E-state index in [1.54, 1.807) is 0 Å². The van der Waals surface area contributed by atoms with Gasteiger partial charge < -0.3 is 0 Å². The van der Waals surface area contributed by atoms with Crippen molar-refractivity contribution in [3.8, 4) is 0 Å². The first-order valence-electron chi connectivity index (χ1n) is 4.48. The van der Waals surface area contributed by atoms with Crippen LogP contribution >= 0.6 is 0 Å². The first kappa shape index (κ1) is 8.62. The summed E-state index contributed by atoms with van der Waals surface area (Å²) in [6.45, 7) is 10.7. The van der Waals surface area contributed by atoms with Crippen molar-refractivity contribution < 1.29 is 0 Å². The molecule has 0 radical (unpaired) electrons. The van der Waals surface area contributed by atoms with E-state index in [1.165, 1.54) is 24.8 Å². The lowest BCUT2D eigenvalue weighted by molar-refractivity contribution is 0.290. The molecule has 0 aromatic rings. The zero-order chi connectivity index (χ0) is 8.48. The van der Waals surface area contributed by atoms with Gasteiger partial charge in [-0.25, -0.2) is 0 Å². The Bertz CT molecular complexity index is 192. The largest absolute Gasteiger partial charge is 0.129 e. The molecular weight excluding hydrogens is 132 g/mol. The summed E-state index contributed by atoms with van der Waals surface area (Å²) >= 11 is 0. The molecule has 0 aromatic carbocycles. The van der Waals surface area contributed by atoms with Crippen LogP contribution in [0.5, 0.6) is 0 Å². The van der Waals surface area contributed by atoms with Crippen LogP contribution < -0.4 is 0 Å². The van der Waals surface area contributed by atoms with Crippen molar-refractivity contribution in [3.05, 3.63) is 17.9 Å². The molecule has 0 saturated heterocycles. The van der Waals surface area contributed by atoms with E-state index in [-0.39, 0.29) is 0 Å². The van der Waals surface area contributed by atoms with Crippen LogP contribution in [0.1, 0.15) is 40.0 Å². The van der Waals surface area contributed by atoms with E-state index in [2.05, 4.69) is 33.1 Å². The zero-order valence-corrected chi connectivity index (χ0v) is 7.91. The summed E-state index contributed by atoms with van der Waals surface area (Å²) in [6, 6.07) is 0. The van der Waals surface area contributed by atoms with Crippen molar-refractivity contribution in [1.29, 1.82) is 0 Å². The lowest BCUT2D eigenvalue weighted by Gasteiger charge is -2.35. The minimum Gasteiger partial charge on any atom is -0.129 e. The minimum atomic E-state index is 0.361. The average molecular weight is 150 g/mol. The molecular formula is C11H18. The van der Waals surface area contributed by atoms with E-state index in [9.17, 15) is 0 Å². The number of hydrogen-bond donors (Lipinski definition) is 0. The maximum absolute atomic E-state index is 3.77. The molecule has 62 valence electrons. The van der Waals surface area contributed by atoms with Crippen LogP contribution in [0.2, 0.25) is 0 Å². The van der Waals surface area contributed by atoms with Gasteiger partial charge in [0.2, 0.25) is 0 Å². The summed E-state index contributed by atoms with van der Waals surface area (Å²) in [5.74, 6) is 0.705. The van der Waals surface area contributed by atoms with Crippen LogP contribution in [0, 0.1) is 11.3 Å². The van der Waals surface area contributed by atoms with Crippen LogP contribution in [0.15, 0.2) is 17.9 Å². The normalized spacial score (nSPS) is 29.7. The minimum absolute atomic E-state index is 0.361. The van der Waals surface area contributed by atoms with Gasteiger partial charge in [-0.05, 0) is 29.7 Å². The summed E-state index contributed by atoms with van der Waals surface area (Å²) < 4.78 is 0. The third-order valence-electron chi connectivity index (χ3n) is 2.85. The van der Waals surface area contributed by atoms with E-state index < -0.39 is 0 Å². The fraction of sp³-hybridized carbons (Fsp3) is 0.727. The van der Waals surface area contributed by atoms with Crippen molar-refractivity contribution in [2.75, 3.05) is 0 Å². The summed E-state index contributed by atoms with van der Waals surface area (Å²) in [5.41, 5.74) is 4.91. The highest BCUT2D eigenvalue weighted by Gasteiger charge is 2.30. The molecule has 0 aromatic heterocycles. The molecule has 0 nitrogen and oxygen atoms in total. The Morgan fingerprint density at radius 2 is 2.18 bits per heavy atom. The first-order valence-corrected chi connectivity index (χ1v) is 4.48. The Morgan fingerprint density at radius 1 is 1.55 bits per heavy atom. The molecule has 1 aliphatic rings. The Labute approximate surface area is 70.0 Å². The lowest BCUT2D eigenvalue weighted by Crippen LogP contribution is -2.24. The number of hydrogen-bond acceptors (Lipinski definition) is 0. The van der Waals surface area contributed by atoms with Gasteiger partial charge in [0.15, 0.2) is 0 Å². The van der Waals surface area contributed by atoms with Gasteiger partial charge in [-0.15, -0.1) is 5.73 Å². The molecule has 0 amide bonds. The van der Waals surface area contributed by atoms with E-state index in [1.807, 2.05) is 0 Å². The predicted octanol–water partition coefficient (Wildman–Crippen LogP) is 3.54. The third-order valence-corrected chi connectivity index (χ3v) is 2.85. The second kappa shape index (κ2) is 2.87. The zero-order valence-electron chi connectivity index (χ0n) is 7.91. The predicted molar refractivity (Wildman–Crippen MR) is 49.4 cm³/mol. The molecule has 1 saturated carbocycles. The average Bonchev–Trinajstić information content (AvgIpc) is 1.86. The Hall–Kier alpha value is -0.480. The Morgan fingerprint density at radius 3 is 2.55 bits per heavy atom. The van der Waals surface area contributed by atoms with E-state index >= 15 is 0 Å². The Balaban J connectivity index is 2.90. The second-order valence-electron chi connectivity index (χ2n) is 4.27. The van der Waals surface area contributed by atoms with Crippen molar-refractivity contribution in [2.45, 2.75) is 40.0 Å². The molecule has 0 aliphatic heterocycles. The molecule has 0 heteroatoms. The fourth-order valence-corrected chi connectivity index (χ4v) is 2.21. The maximum Gasteiger partial charge on any atom is -0.00663 e. The summed E-state index contributed by atoms with van der Waals surface area (Å²) in [7, 11) is 0. The van der Waals surface area contributed by atoms with Crippen molar-refractivity contribution in [1.82, 2.24) is 0 Å². The number of rotatable bonds is 0. The number of allylic oxidation sites excluding steroid dienone is 1. The van der Waals surface area contributed by atoms with Gasteiger partial charge in [0.05, 0.1) is 0 Å². The lowest BCUT2D eigenvalue weighted by atomic mass is 9.69. The summed E-state index contributed by atoms with van der Waals surface area (Å²) in [5, 5.41) is 0. The highest BCUT2D eigenvalue weighted by molar-refractivity contribution is 5.15. The van der Waals surface area contributed by atoms with E-state index in [0.717, 1.165) is 0 Å². The van der Waals surface area contributed by atoms with Crippen molar-refractivity contribution >= 4 is 0 Å². The fourth-order valence-electron chi connectivity index (χ4n) is 2.21. The monoisotopic (exact) mass is 150 g/mol. The molecule has 1 aliphatic carbocycles. The molecule has 1 unspecified atom stereocenters. The van der Waals surface area contributed by atoms with Gasteiger partial charge in [0, 0.05) is 0 Å². The van der Waals surface area contributed by atoms with Crippen molar-refractivity contribution in [2.24, 2.45) is 11.3 Å². The van der Waals surface area contributed by atoms with Crippen LogP contribution in [-0.4, -0.2) is 0 Å². The molecule has 0 spiro atoms. The van der Waals surface area contributed by atoms with Gasteiger partial charge >= 0.3 is 0 Å². The highest BCUT2D eigenvalue weighted by Crippen LogP contribution is 2.42. The highest BCUT2D eigenvalue weighted by atomic mass is 14.3. The van der Waals surface area contributed by atoms with Crippen LogP contribution in [0.3, 0.4) is 0 Å². The van der Waals surface area contributed by atoms with Gasteiger partial charge in [0.1, 0.15) is 0 Å². The molecule has 0 bridgehead atoms. The topological polar surface area (TPSA) is 0 Å². The first-order chi connectivity index (χ1) is 5.08. The Kier molecular flexibility index (Phi) is 2.25. The van der Waals surface area contributed by atoms with Gasteiger partial charge in [-0.1, -0.05) is 33.8 Å². The van der Waals surface area contributed by atoms with Gasteiger partial charge in [0.25, 0.3) is 0 Å². The van der Waals surface area contributed by atoms with Gasteiger partial charge in [-0.3, -0.25) is 0 Å².